The quantitative estimate of drug-likeness (QED) is 0.612. The number of amides is 1. The van der Waals surface area contributed by atoms with Crippen molar-refractivity contribution >= 4 is 29.0 Å². The van der Waals surface area contributed by atoms with Crippen LogP contribution in [0.5, 0.6) is 0 Å². The van der Waals surface area contributed by atoms with E-state index in [-0.39, 0.29) is 5.91 Å². The van der Waals surface area contributed by atoms with E-state index in [1.54, 1.807) is 0 Å². The molecule has 0 saturated carbocycles. The smallest absolute Gasteiger partial charge is 0.251 e. The average molecular weight is 320 g/mol. The van der Waals surface area contributed by atoms with E-state index in [1.807, 2.05) is 67.7 Å². The Balaban J connectivity index is 1.68. The lowest BCUT2D eigenvalue weighted by atomic mass is 10.1. The molecule has 122 valence electrons. The Morgan fingerprint density at radius 2 is 1.88 bits per heavy atom. The highest BCUT2D eigenvalue weighted by atomic mass is 16.1. The summed E-state index contributed by atoms with van der Waals surface area (Å²) in [6, 6.07) is 15.5. The summed E-state index contributed by atoms with van der Waals surface area (Å²) in [4.78, 5) is 12.0. The fraction of sp³-hybridized carbons (Fsp3) is 0.158. The zero-order valence-corrected chi connectivity index (χ0v) is 13.5. The molecule has 0 bridgehead atoms. The molecule has 0 fully saturated rings. The molecule has 3 N–H and O–H groups in total. The number of carbonyl (C=O) groups excluding carboxylic acids is 1. The standard InChI is InChI=1S/C19H20N4O/c1-20-12-13-21-19(24)15-9-6-14(7-10-15)8-11-18-16-4-2-3-5-17(16)22-23-18/h2-11,20H,12-13H2,1H3,(H,21,24)(H,22,23)/b11-8+. The molecule has 0 atom stereocenters. The molecule has 1 heterocycles. The molecule has 1 aromatic heterocycles. The third-order valence-electron chi connectivity index (χ3n) is 3.77. The summed E-state index contributed by atoms with van der Waals surface area (Å²) in [6.07, 6.45) is 3.96. The van der Waals surface area contributed by atoms with Crippen molar-refractivity contribution in [1.29, 1.82) is 0 Å². The fourth-order valence-corrected chi connectivity index (χ4v) is 2.44. The van der Waals surface area contributed by atoms with Gasteiger partial charge in [-0.05, 0) is 36.9 Å². The number of rotatable bonds is 6. The van der Waals surface area contributed by atoms with E-state index in [4.69, 9.17) is 0 Å². The number of para-hydroxylation sites is 1. The molecule has 5 nitrogen and oxygen atoms in total. The van der Waals surface area contributed by atoms with Gasteiger partial charge in [0.15, 0.2) is 0 Å². The number of nitrogens with zero attached hydrogens (tertiary/aromatic N) is 1. The molecular formula is C19H20N4O. The average Bonchev–Trinajstić information content (AvgIpc) is 3.04. The summed E-state index contributed by atoms with van der Waals surface area (Å²) in [5, 5.41) is 14.3. The first-order valence-corrected chi connectivity index (χ1v) is 7.92. The van der Waals surface area contributed by atoms with Crippen LogP contribution in [0.3, 0.4) is 0 Å². The van der Waals surface area contributed by atoms with Crippen molar-refractivity contribution in [2.24, 2.45) is 0 Å². The van der Waals surface area contributed by atoms with E-state index in [1.165, 1.54) is 0 Å². The second kappa shape index (κ2) is 7.57. The van der Waals surface area contributed by atoms with Gasteiger partial charge in [-0.1, -0.05) is 36.4 Å². The SMILES string of the molecule is CNCCNC(=O)c1ccc(/C=C/c2n[nH]c3ccccc23)cc1. The van der Waals surface area contributed by atoms with Gasteiger partial charge >= 0.3 is 0 Å². The Hall–Kier alpha value is -2.92. The van der Waals surface area contributed by atoms with Crippen molar-refractivity contribution in [2.75, 3.05) is 20.1 Å². The Morgan fingerprint density at radius 3 is 2.67 bits per heavy atom. The number of likely N-dealkylation sites (N-methyl/N-ethyl adjacent to an activating group) is 1. The number of fused-ring (bicyclic) bond motifs is 1. The summed E-state index contributed by atoms with van der Waals surface area (Å²) in [7, 11) is 1.86. The van der Waals surface area contributed by atoms with Crippen LogP contribution in [0.4, 0.5) is 0 Å². The van der Waals surface area contributed by atoms with Gasteiger partial charge < -0.3 is 10.6 Å². The van der Waals surface area contributed by atoms with Crippen LogP contribution in [0.25, 0.3) is 23.1 Å². The van der Waals surface area contributed by atoms with Crippen molar-refractivity contribution in [3.05, 3.63) is 65.4 Å². The van der Waals surface area contributed by atoms with E-state index in [0.717, 1.165) is 28.7 Å². The van der Waals surface area contributed by atoms with Crippen LogP contribution in [0.2, 0.25) is 0 Å². The number of H-pyrrole nitrogens is 1. The number of hydrogen-bond acceptors (Lipinski definition) is 3. The van der Waals surface area contributed by atoms with Crippen molar-refractivity contribution < 1.29 is 4.79 Å². The predicted octanol–water partition coefficient (Wildman–Crippen LogP) is 2.68. The molecule has 24 heavy (non-hydrogen) atoms. The topological polar surface area (TPSA) is 69.8 Å². The summed E-state index contributed by atoms with van der Waals surface area (Å²) in [5.41, 5.74) is 3.60. The maximum Gasteiger partial charge on any atom is 0.251 e. The fourth-order valence-electron chi connectivity index (χ4n) is 2.44. The number of carbonyl (C=O) groups is 1. The summed E-state index contributed by atoms with van der Waals surface area (Å²) < 4.78 is 0. The minimum absolute atomic E-state index is 0.0564. The van der Waals surface area contributed by atoms with Crippen LogP contribution in [0.1, 0.15) is 21.6 Å². The number of benzene rings is 2. The molecule has 3 rings (SSSR count). The Morgan fingerprint density at radius 1 is 1.08 bits per heavy atom. The number of nitrogens with one attached hydrogen (secondary N) is 3. The van der Waals surface area contributed by atoms with Crippen LogP contribution in [0.15, 0.2) is 48.5 Å². The van der Waals surface area contributed by atoms with Gasteiger partial charge in [-0.15, -0.1) is 0 Å². The van der Waals surface area contributed by atoms with Crippen LogP contribution in [0, 0.1) is 0 Å². The van der Waals surface area contributed by atoms with E-state index < -0.39 is 0 Å². The lowest BCUT2D eigenvalue weighted by Crippen LogP contribution is -2.30. The van der Waals surface area contributed by atoms with Gasteiger partial charge in [0.05, 0.1) is 11.2 Å². The molecular weight excluding hydrogens is 300 g/mol. The minimum Gasteiger partial charge on any atom is -0.351 e. The summed E-state index contributed by atoms with van der Waals surface area (Å²) in [6.45, 7) is 1.37. The van der Waals surface area contributed by atoms with Gasteiger partial charge in [0.2, 0.25) is 0 Å². The molecule has 0 aliphatic rings. The zero-order valence-electron chi connectivity index (χ0n) is 13.5. The van der Waals surface area contributed by atoms with Crippen LogP contribution in [-0.4, -0.2) is 36.2 Å². The van der Waals surface area contributed by atoms with Crippen molar-refractivity contribution in [3.63, 3.8) is 0 Å². The second-order valence-corrected chi connectivity index (χ2v) is 5.47. The first-order chi connectivity index (χ1) is 11.8. The first-order valence-electron chi connectivity index (χ1n) is 7.92. The van der Waals surface area contributed by atoms with Gasteiger partial charge in [-0.3, -0.25) is 9.89 Å². The van der Waals surface area contributed by atoms with Gasteiger partial charge in [0, 0.05) is 24.0 Å². The molecule has 0 aliphatic carbocycles. The van der Waals surface area contributed by atoms with Gasteiger partial charge in [-0.2, -0.15) is 5.10 Å². The van der Waals surface area contributed by atoms with Crippen molar-refractivity contribution in [2.45, 2.75) is 0 Å². The van der Waals surface area contributed by atoms with E-state index in [9.17, 15) is 4.79 Å². The van der Waals surface area contributed by atoms with Gasteiger partial charge in [0.1, 0.15) is 0 Å². The van der Waals surface area contributed by atoms with E-state index >= 15 is 0 Å². The predicted molar refractivity (Wildman–Crippen MR) is 97.7 cm³/mol. The van der Waals surface area contributed by atoms with Crippen molar-refractivity contribution in [1.82, 2.24) is 20.8 Å². The minimum atomic E-state index is -0.0564. The van der Waals surface area contributed by atoms with Gasteiger partial charge in [-0.25, -0.2) is 0 Å². The van der Waals surface area contributed by atoms with Crippen LogP contribution < -0.4 is 10.6 Å². The van der Waals surface area contributed by atoms with Crippen LogP contribution >= 0.6 is 0 Å². The van der Waals surface area contributed by atoms with Crippen molar-refractivity contribution in [3.8, 4) is 0 Å². The lowest BCUT2D eigenvalue weighted by molar-refractivity contribution is 0.0954. The number of aromatic amines is 1. The highest BCUT2D eigenvalue weighted by molar-refractivity contribution is 5.94. The molecule has 5 heteroatoms. The lowest BCUT2D eigenvalue weighted by Gasteiger charge is -2.04. The number of hydrogen-bond donors (Lipinski definition) is 3. The Labute approximate surface area is 140 Å². The van der Waals surface area contributed by atoms with E-state index in [0.29, 0.717) is 12.1 Å². The molecule has 0 radical (unpaired) electrons. The molecule has 1 amide bonds. The Bertz CT molecular complexity index is 849. The summed E-state index contributed by atoms with van der Waals surface area (Å²) in [5.74, 6) is -0.0564. The maximum absolute atomic E-state index is 12.0. The first kappa shape index (κ1) is 16.0. The van der Waals surface area contributed by atoms with Gasteiger partial charge in [0.25, 0.3) is 5.91 Å². The number of aromatic nitrogens is 2. The van der Waals surface area contributed by atoms with Crippen LogP contribution in [-0.2, 0) is 0 Å². The molecule has 2 aromatic carbocycles. The highest BCUT2D eigenvalue weighted by Crippen LogP contribution is 2.17. The molecule has 0 saturated heterocycles. The zero-order chi connectivity index (χ0) is 16.8. The third-order valence-corrected chi connectivity index (χ3v) is 3.77. The molecule has 0 unspecified atom stereocenters. The summed E-state index contributed by atoms with van der Waals surface area (Å²) >= 11 is 0. The molecule has 0 spiro atoms. The monoisotopic (exact) mass is 320 g/mol. The second-order valence-electron chi connectivity index (χ2n) is 5.47. The molecule has 3 aromatic rings. The maximum atomic E-state index is 12.0. The highest BCUT2D eigenvalue weighted by Gasteiger charge is 2.04. The largest absolute Gasteiger partial charge is 0.351 e. The Kier molecular flexibility index (Phi) is 5.03. The normalized spacial score (nSPS) is 11.2. The third kappa shape index (κ3) is 3.70. The molecule has 0 aliphatic heterocycles. The van der Waals surface area contributed by atoms with E-state index in [2.05, 4.69) is 20.8 Å².